The van der Waals surface area contributed by atoms with Gasteiger partial charge in [-0.15, -0.1) is 0 Å². The van der Waals surface area contributed by atoms with Gasteiger partial charge in [0, 0.05) is 28.5 Å². The SMILES string of the molecule is O=C1NN(C(=O)c2ccccc2)C(c2ccccc2)=N/C1=C\c1cn(-c2ccccc2)nc1-c1ccccc1. The van der Waals surface area contributed by atoms with E-state index in [2.05, 4.69) is 5.43 Å². The summed E-state index contributed by atoms with van der Waals surface area (Å²) >= 11 is 0. The zero-order chi connectivity index (χ0) is 26.6. The van der Waals surface area contributed by atoms with E-state index in [0.29, 0.717) is 28.2 Å². The van der Waals surface area contributed by atoms with Crippen LogP contribution < -0.4 is 5.43 Å². The highest BCUT2D eigenvalue weighted by Crippen LogP contribution is 2.27. The maximum Gasteiger partial charge on any atom is 0.288 e. The van der Waals surface area contributed by atoms with E-state index in [-0.39, 0.29) is 11.6 Å². The van der Waals surface area contributed by atoms with Gasteiger partial charge in [-0.1, -0.05) is 97.1 Å². The maximum atomic E-state index is 13.4. The Balaban J connectivity index is 1.48. The third-order valence-electron chi connectivity index (χ3n) is 6.24. The first kappa shape index (κ1) is 23.8. The molecule has 1 aliphatic rings. The summed E-state index contributed by atoms with van der Waals surface area (Å²) in [7, 11) is 0. The van der Waals surface area contributed by atoms with Gasteiger partial charge in [0.05, 0.1) is 5.69 Å². The molecule has 1 aliphatic heterocycles. The van der Waals surface area contributed by atoms with Crippen LogP contribution in [0.3, 0.4) is 0 Å². The van der Waals surface area contributed by atoms with E-state index in [1.54, 1.807) is 35.0 Å². The average Bonchev–Trinajstić information content (AvgIpc) is 3.43. The van der Waals surface area contributed by atoms with E-state index in [1.165, 1.54) is 5.01 Å². The molecule has 0 saturated carbocycles. The number of hydrogen-bond donors (Lipinski definition) is 1. The molecule has 0 unspecified atom stereocenters. The van der Waals surface area contributed by atoms with Gasteiger partial charge >= 0.3 is 0 Å². The van der Waals surface area contributed by atoms with Crippen LogP contribution >= 0.6 is 0 Å². The van der Waals surface area contributed by atoms with E-state index in [1.807, 2.05) is 103 Å². The Morgan fingerprint density at radius 2 is 1.28 bits per heavy atom. The van der Waals surface area contributed by atoms with Gasteiger partial charge in [0.15, 0.2) is 5.84 Å². The van der Waals surface area contributed by atoms with E-state index in [0.717, 1.165) is 11.3 Å². The molecule has 0 spiro atoms. The lowest BCUT2D eigenvalue weighted by Crippen LogP contribution is -2.53. The second-order valence-corrected chi connectivity index (χ2v) is 8.86. The molecule has 7 nitrogen and oxygen atoms in total. The number of carbonyl (C=O) groups excluding carboxylic acids is 2. The van der Waals surface area contributed by atoms with Crippen LogP contribution in [-0.4, -0.2) is 32.4 Å². The Morgan fingerprint density at radius 1 is 0.718 bits per heavy atom. The highest BCUT2D eigenvalue weighted by Gasteiger charge is 2.31. The van der Waals surface area contributed by atoms with Crippen molar-refractivity contribution >= 4 is 23.7 Å². The number of hydrazine groups is 1. The summed E-state index contributed by atoms with van der Waals surface area (Å²) in [6.45, 7) is 0. The quantitative estimate of drug-likeness (QED) is 0.317. The molecule has 1 aromatic heterocycles. The number of amides is 2. The van der Waals surface area contributed by atoms with Crippen molar-refractivity contribution in [2.75, 3.05) is 0 Å². The molecule has 0 fully saturated rings. The maximum absolute atomic E-state index is 13.4. The number of hydrogen-bond acceptors (Lipinski definition) is 4. The van der Waals surface area contributed by atoms with Gasteiger partial charge in [0.1, 0.15) is 11.4 Å². The van der Waals surface area contributed by atoms with Crippen LogP contribution in [0.25, 0.3) is 23.0 Å². The molecule has 2 amide bonds. The lowest BCUT2D eigenvalue weighted by molar-refractivity contribution is -0.120. The molecule has 6 rings (SSSR count). The number of para-hydroxylation sites is 1. The molecular weight excluding hydrogens is 486 g/mol. The fourth-order valence-electron chi connectivity index (χ4n) is 4.34. The number of amidine groups is 1. The van der Waals surface area contributed by atoms with Crippen molar-refractivity contribution < 1.29 is 9.59 Å². The van der Waals surface area contributed by atoms with Crippen LogP contribution in [0.2, 0.25) is 0 Å². The molecular formula is C32H23N5O2. The topological polar surface area (TPSA) is 79.6 Å². The number of benzene rings is 4. The molecule has 1 N–H and O–H groups in total. The van der Waals surface area contributed by atoms with Gasteiger partial charge in [-0.3, -0.25) is 15.0 Å². The number of carbonyl (C=O) groups is 2. The van der Waals surface area contributed by atoms with Crippen LogP contribution in [0.5, 0.6) is 0 Å². The van der Waals surface area contributed by atoms with Crippen molar-refractivity contribution in [2.45, 2.75) is 0 Å². The highest BCUT2D eigenvalue weighted by molar-refractivity contribution is 6.18. The molecule has 0 radical (unpaired) electrons. The molecule has 0 bridgehead atoms. The van der Waals surface area contributed by atoms with E-state index >= 15 is 0 Å². The van der Waals surface area contributed by atoms with Crippen molar-refractivity contribution in [2.24, 2.45) is 4.99 Å². The molecule has 188 valence electrons. The van der Waals surface area contributed by atoms with E-state index < -0.39 is 5.91 Å². The first-order valence-electron chi connectivity index (χ1n) is 12.4. The van der Waals surface area contributed by atoms with Crippen molar-refractivity contribution in [3.63, 3.8) is 0 Å². The zero-order valence-electron chi connectivity index (χ0n) is 20.8. The molecule has 0 aliphatic carbocycles. The summed E-state index contributed by atoms with van der Waals surface area (Å²) in [4.78, 5) is 31.4. The first-order valence-corrected chi connectivity index (χ1v) is 12.4. The molecule has 2 heterocycles. The number of nitrogens with zero attached hydrogens (tertiary/aromatic N) is 4. The van der Waals surface area contributed by atoms with Crippen molar-refractivity contribution in [1.82, 2.24) is 20.2 Å². The Kier molecular flexibility index (Phi) is 6.37. The fraction of sp³-hybridized carbons (Fsp3) is 0. The van der Waals surface area contributed by atoms with Crippen molar-refractivity contribution in [3.8, 4) is 16.9 Å². The first-order chi connectivity index (χ1) is 19.2. The van der Waals surface area contributed by atoms with Crippen LogP contribution in [-0.2, 0) is 4.79 Å². The van der Waals surface area contributed by atoms with Gasteiger partial charge in [0.25, 0.3) is 11.8 Å². The number of aliphatic imine (C=N–C) groups is 1. The van der Waals surface area contributed by atoms with E-state index in [4.69, 9.17) is 10.1 Å². The summed E-state index contributed by atoms with van der Waals surface area (Å²) < 4.78 is 1.78. The van der Waals surface area contributed by atoms with Crippen molar-refractivity contribution in [3.05, 3.63) is 150 Å². The summed E-state index contributed by atoms with van der Waals surface area (Å²) in [5, 5.41) is 6.03. The summed E-state index contributed by atoms with van der Waals surface area (Å²) in [6, 6.07) is 37.6. The minimum atomic E-state index is -0.495. The molecule has 7 heteroatoms. The second kappa shape index (κ2) is 10.4. The van der Waals surface area contributed by atoms with Gasteiger partial charge in [-0.05, 0) is 30.3 Å². The third-order valence-corrected chi connectivity index (χ3v) is 6.24. The van der Waals surface area contributed by atoms with E-state index in [9.17, 15) is 9.59 Å². The largest absolute Gasteiger partial charge is 0.288 e. The minimum absolute atomic E-state index is 0.163. The Hall–Kier alpha value is -5.56. The van der Waals surface area contributed by atoms with Gasteiger partial charge < -0.3 is 0 Å². The molecule has 0 saturated heterocycles. The Morgan fingerprint density at radius 3 is 1.92 bits per heavy atom. The number of nitrogens with one attached hydrogen (secondary N) is 1. The molecule has 5 aromatic rings. The summed E-state index contributed by atoms with van der Waals surface area (Å²) in [5.74, 6) is -0.551. The molecule has 4 aromatic carbocycles. The Bertz CT molecular complexity index is 1690. The van der Waals surface area contributed by atoms with Gasteiger partial charge in [-0.25, -0.2) is 9.67 Å². The smallest absolute Gasteiger partial charge is 0.267 e. The number of rotatable bonds is 5. The number of aromatic nitrogens is 2. The monoisotopic (exact) mass is 509 g/mol. The van der Waals surface area contributed by atoms with Crippen LogP contribution in [0.1, 0.15) is 21.5 Å². The lowest BCUT2D eigenvalue weighted by atomic mass is 10.1. The molecule has 39 heavy (non-hydrogen) atoms. The van der Waals surface area contributed by atoms with Gasteiger partial charge in [-0.2, -0.15) is 10.1 Å². The highest BCUT2D eigenvalue weighted by atomic mass is 16.2. The van der Waals surface area contributed by atoms with Crippen molar-refractivity contribution in [1.29, 1.82) is 0 Å². The van der Waals surface area contributed by atoms with Crippen LogP contribution in [0, 0.1) is 0 Å². The zero-order valence-corrected chi connectivity index (χ0v) is 20.8. The minimum Gasteiger partial charge on any atom is -0.267 e. The predicted molar refractivity (Wildman–Crippen MR) is 151 cm³/mol. The molecule has 0 atom stereocenters. The van der Waals surface area contributed by atoms with Crippen LogP contribution in [0.4, 0.5) is 0 Å². The predicted octanol–water partition coefficient (Wildman–Crippen LogP) is 5.51. The summed E-state index contributed by atoms with van der Waals surface area (Å²) in [6.07, 6.45) is 3.58. The lowest BCUT2D eigenvalue weighted by Gasteiger charge is -2.28. The second-order valence-electron chi connectivity index (χ2n) is 8.86. The van der Waals surface area contributed by atoms with Gasteiger partial charge in [0.2, 0.25) is 0 Å². The fourth-order valence-corrected chi connectivity index (χ4v) is 4.34. The normalized spacial score (nSPS) is 14.2. The Labute approximate surface area is 225 Å². The summed E-state index contributed by atoms with van der Waals surface area (Å²) in [5.41, 5.74) is 7.26. The standard InChI is InChI=1S/C32H23N5O2/c38-31-28(21-26-22-36(27-19-11-4-12-20-27)34-29(26)23-13-5-1-6-14-23)33-30(24-15-7-2-8-16-24)37(35-31)32(39)25-17-9-3-10-18-25/h1-22H,(H,35,38)/b28-21-. The van der Waals surface area contributed by atoms with Crippen LogP contribution in [0.15, 0.2) is 138 Å². The third kappa shape index (κ3) is 4.89. The average molecular weight is 510 g/mol.